The van der Waals surface area contributed by atoms with Crippen molar-refractivity contribution < 1.29 is 0 Å². The van der Waals surface area contributed by atoms with Gasteiger partial charge in [0.05, 0.1) is 0 Å². The van der Waals surface area contributed by atoms with E-state index in [4.69, 9.17) is 0 Å². The van der Waals surface area contributed by atoms with Crippen molar-refractivity contribution in [2.75, 3.05) is 5.32 Å². The van der Waals surface area contributed by atoms with Gasteiger partial charge in [-0.25, -0.2) is 0 Å². The summed E-state index contributed by atoms with van der Waals surface area (Å²) in [4.78, 5) is 0. The van der Waals surface area contributed by atoms with E-state index in [2.05, 4.69) is 31.3 Å². The Hall–Kier alpha value is -1.76. The van der Waals surface area contributed by atoms with Crippen LogP contribution in [0.15, 0.2) is 48.5 Å². The molecule has 1 heteroatoms. The SMILES string of the molecule is [CH2]c1ccc(Nc2ccccc2C)cc1. The molecule has 0 aliphatic carbocycles. The Labute approximate surface area is 90.8 Å². The Kier molecular flexibility index (Phi) is 2.72. The number of rotatable bonds is 2. The van der Waals surface area contributed by atoms with Crippen LogP contribution in [0.25, 0.3) is 0 Å². The molecule has 75 valence electrons. The van der Waals surface area contributed by atoms with E-state index in [-0.39, 0.29) is 0 Å². The molecule has 0 bridgehead atoms. The molecule has 0 aliphatic heterocycles. The van der Waals surface area contributed by atoms with Crippen LogP contribution >= 0.6 is 0 Å². The summed E-state index contributed by atoms with van der Waals surface area (Å²) < 4.78 is 0. The summed E-state index contributed by atoms with van der Waals surface area (Å²) in [5.74, 6) is 0. The van der Waals surface area contributed by atoms with E-state index in [0.717, 1.165) is 16.9 Å². The van der Waals surface area contributed by atoms with Crippen molar-refractivity contribution in [3.63, 3.8) is 0 Å². The molecule has 1 N–H and O–H groups in total. The van der Waals surface area contributed by atoms with Crippen molar-refractivity contribution >= 4 is 11.4 Å². The van der Waals surface area contributed by atoms with Gasteiger partial charge in [0.1, 0.15) is 0 Å². The molecule has 0 fully saturated rings. The first-order chi connectivity index (χ1) is 7.25. The highest BCUT2D eigenvalue weighted by Gasteiger charge is 1.96. The molecule has 2 rings (SSSR count). The lowest BCUT2D eigenvalue weighted by Gasteiger charge is -2.09. The summed E-state index contributed by atoms with van der Waals surface area (Å²) >= 11 is 0. The first kappa shape index (κ1) is 9.78. The molecule has 0 heterocycles. The van der Waals surface area contributed by atoms with Gasteiger partial charge in [0, 0.05) is 11.4 Å². The third-order valence-corrected chi connectivity index (χ3v) is 2.38. The summed E-state index contributed by atoms with van der Waals surface area (Å²) in [6, 6.07) is 16.3. The minimum absolute atomic E-state index is 1.03. The molecular formula is C14H14N. The molecule has 0 atom stereocenters. The van der Waals surface area contributed by atoms with E-state index >= 15 is 0 Å². The van der Waals surface area contributed by atoms with Gasteiger partial charge in [-0.1, -0.05) is 30.3 Å². The molecule has 1 radical (unpaired) electrons. The topological polar surface area (TPSA) is 12.0 Å². The van der Waals surface area contributed by atoms with Gasteiger partial charge in [-0.15, -0.1) is 0 Å². The zero-order valence-corrected chi connectivity index (χ0v) is 8.83. The van der Waals surface area contributed by atoms with Gasteiger partial charge >= 0.3 is 0 Å². The lowest BCUT2D eigenvalue weighted by atomic mass is 10.2. The second kappa shape index (κ2) is 4.18. The van der Waals surface area contributed by atoms with Crippen LogP contribution in [0.4, 0.5) is 11.4 Å². The average Bonchev–Trinajstić information content (AvgIpc) is 2.25. The lowest BCUT2D eigenvalue weighted by Crippen LogP contribution is -1.92. The van der Waals surface area contributed by atoms with E-state index in [1.165, 1.54) is 5.56 Å². The fourth-order valence-corrected chi connectivity index (χ4v) is 1.46. The van der Waals surface area contributed by atoms with Crippen LogP contribution in [0.5, 0.6) is 0 Å². The van der Waals surface area contributed by atoms with Crippen molar-refractivity contribution in [3.05, 3.63) is 66.6 Å². The maximum atomic E-state index is 3.86. The molecule has 2 aromatic rings. The van der Waals surface area contributed by atoms with E-state index in [0.29, 0.717) is 0 Å². The predicted molar refractivity (Wildman–Crippen MR) is 65.4 cm³/mol. The Morgan fingerprint density at radius 3 is 2.27 bits per heavy atom. The van der Waals surface area contributed by atoms with Gasteiger partial charge < -0.3 is 5.32 Å². The molecule has 0 saturated carbocycles. The largest absolute Gasteiger partial charge is 0.355 e. The van der Waals surface area contributed by atoms with Gasteiger partial charge in [0.15, 0.2) is 0 Å². The monoisotopic (exact) mass is 196 g/mol. The van der Waals surface area contributed by atoms with E-state index < -0.39 is 0 Å². The van der Waals surface area contributed by atoms with Gasteiger partial charge in [-0.3, -0.25) is 0 Å². The number of anilines is 2. The fraction of sp³-hybridized carbons (Fsp3) is 0.0714. The number of hydrogen-bond acceptors (Lipinski definition) is 1. The van der Waals surface area contributed by atoms with E-state index in [1.54, 1.807) is 0 Å². The fourth-order valence-electron chi connectivity index (χ4n) is 1.46. The van der Waals surface area contributed by atoms with Gasteiger partial charge in [0.25, 0.3) is 0 Å². The van der Waals surface area contributed by atoms with Crippen molar-refractivity contribution in [1.82, 2.24) is 0 Å². The molecule has 0 spiro atoms. The molecule has 1 nitrogen and oxygen atoms in total. The second-order valence-corrected chi connectivity index (χ2v) is 3.64. The van der Waals surface area contributed by atoms with Crippen LogP contribution in [0.3, 0.4) is 0 Å². The number of benzene rings is 2. The Balaban J connectivity index is 2.22. The zero-order valence-electron chi connectivity index (χ0n) is 8.83. The molecule has 2 aromatic carbocycles. The Morgan fingerprint density at radius 1 is 0.933 bits per heavy atom. The number of nitrogens with one attached hydrogen (secondary N) is 1. The van der Waals surface area contributed by atoms with Crippen molar-refractivity contribution in [2.24, 2.45) is 0 Å². The quantitative estimate of drug-likeness (QED) is 0.767. The first-order valence-electron chi connectivity index (χ1n) is 5.00. The van der Waals surface area contributed by atoms with E-state index in [9.17, 15) is 0 Å². The number of aryl methyl sites for hydroxylation is 1. The highest BCUT2D eigenvalue weighted by molar-refractivity contribution is 5.63. The van der Waals surface area contributed by atoms with Gasteiger partial charge in [-0.2, -0.15) is 0 Å². The lowest BCUT2D eigenvalue weighted by molar-refractivity contribution is 1.43. The maximum Gasteiger partial charge on any atom is 0.0413 e. The summed E-state index contributed by atoms with van der Waals surface area (Å²) in [6.45, 7) is 5.95. The predicted octanol–water partition coefficient (Wildman–Crippen LogP) is 3.92. The average molecular weight is 196 g/mol. The van der Waals surface area contributed by atoms with Gasteiger partial charge in [0.2, 0.25) is 0 Å². The third-order valence-electron chi connectivity index (χ3n) is 2.38. The third kappa shape index (κ3) is 2.38. The maximum absolute atomic E-state index is 3.86. The summed E-state index contributed by atoms with van der Waals surface area (Å²) in [6.07, 6.45) is 0. The molecular weight excluding hydrogens is 182 g/mol. The summed E-state index contributed by atoms with van der Waals surface area (Å²) in [5, 5.41) is 3.37. The minimum atomic E-state index is 1.03. The highest BCUT2D eigenvalue weighted by atomic mass is 14.9. The smallest absolute Gasteiger partial charge is 0.0413 e. The van der Waals surface area contributed by atoms with E-state index in [1.807, 2.05) is 36.4 Å². The standard InChI is InChI=1S/C14H14N/c1-11-7-9-13(10-8-11)15-14-6-4-3-5-12(14)2/h3-10,15H,1H2,2H3. The molecule has 0 amide bonds. The van der Waals surface area contributed by atoms with Crippen molar-refractivity contribution in [3.8, 4) is 0 Å². The summed E-state index contributed by atoms with van der Waals surface area (Å²) in [5.41, 5.74) is 4.52. The normalized spacial score (nSPS) is 10.0. The number of para-hydroxylation sites is 1. The zero-order chi connectivity index (χ0) is 10.7. The molecule has 15 heavy (non-hydrogen) atoms. The van der Waals surface area contributed by atoms with Crippen molar-refractivity contribution in [2.45, 2.75) is 6.92 Å². The second-order valence-electron chi connectivity index (χ2n) is 3.64. The van der Waals surface area contributed by atoms with Gasteiger partial charge in [-0.05, 0) is 43.2 Å². The molecule has 0 unspecified atom stereocenters. The van der Waals surface area contributed by atoms with Crippen LogP contribution in [-0.4, -0.2) is 0 Å². The molecule has 0 aliphatic rings. The Morgan fingerprint density at radius 2 is 1.60 bits per heavy atom. The van der Waals surface area contributed by atoms with Crippen LogP contribution in [0.1, 0.15) is 11.1 Å². The van der Waals surface area contributed by atoms with Crippen molar-refractivity contribution in [1.29, 1.82) is 0 Å². The van der Waals surface area contributed by atoms with Crippen LogP contribution in [0.2, 0.25) is 0 Å². The summed E-state index contributed by atoms with van der Waals surface area (Å²) in [7, 11) is 0. The highest BCUT2D eigenvalue weighted by Crippen LogP contribution is 2.19. The van der Waals surface area contributed by atoms with Crippen LogP contribution in [0, 0.1) is 13.8 Å². The van der Waals surface area contributed by atoms with Crippen LogP contribution < -0.4 is 5.32 Å². The Bertz CT molecular complexity index is 443. The molecule has 0 aromatic heterocycles. The first-order valence-corrected chi connectivity index (χ1v) is 5.00. The minimum Gasteiger partial charge on any atom is -0.355 e. The van der Waals surface area contributed by atoms with Crippen LogP contribution in [-0.2, 0) is 0 Å². The molecule has 0 saturated heterocycles. The number of hydrogen-bond donors (Lipinski definition) is 1.